The molecule has 3 aromatic rings. The predicted octanol–water partition coefficient (Wildman–Crippen LogP) is 1.90. The van der Waals surface area contributed by atoms with Crippen molar-refractivity contribution in [2.24, 2.45) is 0 Å². The number of nitrogen functional groups attached to an aromatic ring is 1. The Morgan fingerprint density at radius 3 is 2.42 bits per heavy atom. The summed E-state index contributed by atoms with van der Waals surface area (Å²) in [6.45, 7) is 5.29. The molecule has 3 rings (SSSR count). The van der Waals surface area contributed by atoms with Crippen molar-refractivity contribution < 1.29 is 13.2 Å². The van der Waals surface area contributed by atoms with E-state index in [-0.39, 0.29) is 22.9 Å². The molecular formula is C22H24N4O4S. The Labute approximate surface area is 180 Å². The summed E-state index contributed by atoms with van der Waals surface area (Å²) in [7, 11) is -3.96. The summed E-state index contributed by atoms with van der Waals surface area (Å²) in [4.78, 5) is 29.3. The lowest BCUT2D eigenvalue weighted by Gasteiger charge is -2.15. The summed E-state index contributed by atoms with van der Waals surface area (Å²) in [6.07, 6.45) is 0. The Bertz CT molecular complexity index is 1300. The second-order valence-electron chi connectivity index (χ2n) is 7.25. The largest absolute Gasteiger partial charge is 0.393 e. The molecule has 0 atom stereocenters. The maximum atomic E-state index is 12.9. The van der Waals surface area contributed by atoms with Crippen molar-refractivity contribution >= 4 is 21.4 Å². The van der Waals surface area contributed by atoms with Gasteiger partial charge in [0, 0.05) is 23.6 Å². The maximum absolute atomic E-state index is 12.9. The van der Waals surface area contributed by atoms with E-state index >= 15 is 0 Å². The van der Waals surface area contributed by atoms with Gasteiger partial charge in [-0.1, -0.05) is 24.3 Å². The van der Waals surface area contributed by atoms with Gasteiger partial charge in [-0.2, -0.15) is 0 Å². The van der Waals surface area contributed by atoms with Crippen LogP contribution in [0.25, 0.3) is 0 Å². The van der Waals surface area contributed by atoms with Crippen LogP contribution in [0.3, 0.4) is 0 Å². The van der Waals surface area contributed by atoms with Crippen LogP contribution in [-0.4, -0.2) is 23.9 Å². The molecule has 0 aliphatic carbocycles. The molecule has 162 valence electrons. The molecule has 0 saturated carbocycles. The first-order valence-corrected chi connectivity index (χ1v) is 11.1. The van der Waals surface area contributed by atoms with Crippen molar-refractivity contribution in [3.63, 3.8) is 0 Å². The van der Waals surface area contributed by atoms with Gasteiger partial charge in [0.25, 0.3) is 5.56 Å². The van der Waals surface area contributed by atoms with Crippen molar-refractivity contribution in [1.82, 2.24) is 14.9 Å². The van der Waals surface area contributed by atoms with E-state index < -0.39 is 27.0 Å². The molecule has 0 unspecified atom stereocenters. The van der Waals surface area contributed by atoms with Gasteiger partial charge in [-0.15, -0.1) is 0 Å². The molecule has 1 amide bonds. The van der Waals surface area contributed by atoms with Crippen molar-refractivity contribution in [3.05, 3.63) is 81.5 Å². The highest BCUT2D eigenvalue weighted by molar-refractivity contribution is 7.91. The summed E-state index contributed by atoms with van der Waals surface area (Å²) in [5.74, 6) is -0.400. The Kier molecular flexibility index (Phi) is 6.26. The number of carbonyl (C=O) groups is 1. The number of aryl methyl sites for hydroxylation is 3. The van der Waals surface area contributed by atoms with E-state index in [9.17, 15) is 18.0 Å². The zero-order valence-corrected chi connectivity index (χ0v) is 18.4. The van der Waals surface area contributed by atoms with Gasteiger partial charge in [-0.3, -0.25) is 14.6 Å². The van der Waals surface area contributed by atoms with Crippen molar-refractivity contribution in [3.8, 4) is 0 Å². The molecular weight excluding hydrogens is 416 g/mol. The van der Waals surface area contributed by atoms with E-state index in [1.54, 1.807) is 25.1 Å². The number of nitrogens with two attached hydrogens (primary N) is 1. The number of carbonyl (C=O) groups excluding carboxylic acids is 1. The number of rotatable bonds is 6. The molecule has 0 fully saturated rings. The zero-order chi connectivity index (χ0) is 22.8. The summed E-state index contributed by atoms with van der Waals surface area (Å²) < 4.78 is 27.0. The van der Waals surface area contributed by atoms with Gasteiger partial charge >= 0.3 is 0 Å². The van der Waals surface area contributed by atoms with Gasteiger partial charge in [0.2, 0.25) is 15.7 Å². The Morgan fingerprint density at radius 1 is 1.10 bits per heavy atom. The molecule has 3 N–H and O–H groups in total. The van der Waals surface area contributed by atoms with Crippen LogP contribution >= 0.6 is 0 Å². The second-order valence-corrected chi connectivity index (χ2v) is 9.16. The number of hydrogen-bond acceptors (Lipinski definition) is 6. The molecule has 0 aliphatic rings. The molecule has 2 heterocycles. The minimum atomic E-state index is -3.96. The lowest BCUT2D eigenvalue weighted by molar-refractivity contribution is -0.121. The van der Waals surface area contributed by atoms with Gasteiger partial charge in [0.05, 0.1) is 4.90 Å². The van der Waals surface area contributed by atoms with Crippen molar-refractivity contribution in [2.45, 2.75) is 43.7 Å². The third-order valence-electron chi connectivity index (χ3n) is 4.96. The van der Waals surface area contributed by atoms with Gasteiger partial charge < -0.3 is 15.6 Å². The first kappa shape index (κ1) is 22.2. The fourth-order valence-electron chi connectivity index (χ4n) is 3.20. The Hall–Kier alpha value is -3.46. The quantitative estimate of drug-likeness (QED) is 0.603. The SMILES string of the molecule is Cc1ccc(CNC(=O)Cn2c(C)cc(S(=O)(=O)c3ccccc3)c(N)c2=O)c(C)n1. The molecule has 0 saturated heterocycles. The van der Waals surface area contributed by atoms with E-state index in [1.165, 1.54) is 18.2 Å². The molecule has 0 spiro atoms. The normalized spacial score (nSPS) is 11.3. The number of nitrogens with one attached hydrogen (secondary N) is 1. The molecule has 1 aromatic carbocycles. The fraction of sp³-hybridized carbons (Fsp3) is 0.227. The van der Waals surface area contributed by atoms with Crippen molar-refractivity contribution in [1.29, 1.82) is 0 Å². The highest BCUT2D eigenvalue weighted by Crippen LogP contribution is 2.24. The number of sulfone groups is 1. The van der Waals surface area contributed by atoms with Crippen LogP contribution in [-0.2, 0) is 27.7 Å². The molecule has 0 bridgehead atoms. The highest BCUT2D eigenvalue weighted by Gasteiger charge is 2.24. The third-order valence-corrected chi connectivity index (χ3v) is 6.77. The van der Waals surface area contributed by atoms with Gasteiger partial charge in [0.15, 0.2) is 0 Å². The minimum Gasteiger partial charge on any atom is -0.393 e. The van der Waals surface area contributed by atoms with E-state index in [2.05, 4.69) is 10.3 Å². The average molecular weight is 441 g/mol. The van der Waals surface area contributed by atoms with Crippen molar-refractivity contribution in [2.75, 3.05) is 5.73 Å². The fourth-order valence-corrected chi connectivity index (χ4v) is 4.67. The van der Waals surface area contributed by atoms with E-state index in [0.29, 0.717) is 5.69 Å². The standard InChI is InChI=1S/C22H24N4O4S/c1-14-9-10-17(16(3)25-14)12-24-20(27)13-26-15(2)11-19(21(23)22(26)28)31(29,30)18-7-5-4-6-8-18/h4-11H,12-13,23H2,1-3H3,(H,24,27). The lowest BCUT2D eigenvalue weighted by Crippen LogP contribution is -2.35. The molecule has 0 aliphatic heterocycles. The summed E-state index contributed by atoms with van der Waals surface area (Å²) in [6, 6.07) is 12.8. The van der Waals surface area contributed by atoms with E-state index in [0.717, 1.165) is 21.5 Å². The smallest absolute Gasteiger partial charge is 0.275 e. The summed E-state index contributed by atoms with van der Waals surface area (Å²) >= 11 is 0. The van der Waals surface area contributed by atoms with Crippen LogP contribution in [0.2, 0.25) is 0 Å². The number of anilines is 1. The Morgan fingerprint density at radius 2 is 1.77 bits per heavy atom. The van der Waals surface area contributed by atoms with Crippen LogP contribution < -0.4 is 16.6 Å². The number of amides is 1. The number of aromatic nitrogens is 2. The number of benzene rings is 1. The molecule has 31 heavy (non-hydrogen) atoms. The second kappa shape index (κ2) is 8.73. The molecule has 8 nitrogen and oxygen atoms in total. The van der Waals surface area contributed by atoms with Gasteiger partial charge in [-0.05, 0) is 50.6 Å². The maximum Gasteiger partial charge on any atom is 0.275 e. The van der Waals surface area contributed by atoms with Gasteiger partial charge in [-0.25, -0.2) is 8.42 Å². The summed E-state index contributed by atoms with van der Waals surface area (Å²) in [5, 5.41) is 2.75. The first-order chi connectivity index (χ1) is 14.6. The molecule has 0 radical (unpaired) electrons. The molecule has 9 heteroatoms. The van der Waals surface area contributed by atoms with E-state index in [4.69, 9.17) is 5.73 Å². The Balaban J connectivity index is 1.84. The zero-order valence-electron chi connectivity index (χ0n) is 17.5. The van der Waals surface area contributed by atoms with Crippen LogP contribution in [0.1, 0.15) is 22.6 Å². The average Bonchev–Trinajstić information content (AvgIpc) is 2.73. The highest BCUT2D eigenvalue weighted by atomic mass is 32.2. The number of hydrogen-bond donors (Lipinski definition) is 2. The predicted molar refractivity (Wildman–Crippen MR) is 117 cm³/mol. The number of nitrogens with zero attached hydrogens (tertiary/aromatic N) is 2. The van der Waals surface area contributed by atoms with Gasteiger partial charge in [0.1, 0.15) is 17.1 Å². The lowest BCUT2D eigenvalue weighted by atomic mass is 10.2. The van der Waals surface area contributed by atoms with E-state index in [1.807, 2.05) is 26.0 Å². The minimum absolute atomic E-state index is 0.0399. The monoisotopic (exact) mass is 440 g/mol. The summed E-state index contributed by atoms with van der Waals surface area (Å²) in [5.41, 5.74) is 7.64. The van der Waals surface area contributed by atoms with Crippen LogP contribution in [0.15, 0.2) is 63.1 Å². The third kappa shape index (κ3) is 4.66. The topological polar surface area (TPSA) is 124 Å². The van der Waals surface area contributed by atoms with Crippen LogP contribution in [0.5, 0.6) is 0 Å². The first-order valence-electron chi connectivity index (χ1n) is 9.61. The van der Waals surface area contributed by atoms with Crippen LogP contribution in [0, 0.1) is 20.8 Å². The van der Waals surface area contributed by atoms with Crippen LogP contribution in [0.4, 0.5) is 5.69 Å². The number of pyridine rings is 2. The molecule has 2 aromatic heterocycles.